The number of alkyl halides is 3. The van der Waals surface area contributed by atoms with Gasteiger partial charge in [-0.3, -0.25) is 9.35 Å². The lowest BCUT2D eigenvalue weighted by Gasteiger charge is -2.08. The summed E-state index contributed by atoms with van der Waals surface area (Å²) in [6.45, 7) is 0. The van der Waals surface area contributed by atoms with Crippen molar-refractivity contribution in [2.24, 2.45) is 10.2 Å². The van der Waals surface area contributed by atoms with Crippen LogP contribution in [0.4, 0.5) is 18.9 Å². The minimum atomic E-state index is -5.41. The molecule has 0 atom stereocenters. The maximum absolute atomic E-state index is 12.8. The number of thiophene rings is 1. The number of ketones is 1. The second-order valence-corrected chi connectivity index (χ2v) is 7.72. The predicted octanol–water partition coefficient (Wildman–Crippen LogP) is 4.50. The molecule has 28 heavy (non-hydrogen) atoms. The fraction of sp³-hybridized carbons (Fsp3) is 0.0714. The first kappa shape index (κ1) is 21.8. The van der Waals surface area contributed by atoms with Gasteiger partial charge in [-0.2, -0.15) is 21.6 Å². The van der Waals surface area contributed by atoms with E-state index < -0.39 is 49.9 Å². The highest BCUT2D eigenvalue weighted by Crippen LogP contribution is 2.38. The van der Waals surface area contributed by atoms with Gasteiger partial charge in [-0.05, 0) is 23.6 Å². The highest BCUT2D eigenvalue weighted by atomic mass is 35.5. The molecule has 8 nitrogen and oxygen atoms in total. The van der Waals surface area contributed by atoms with Crippen molar-refractivity contribution in [3.63, 3.8) is 0 Å². The number of phenols is 1. The normalized spacial score (nSPS) is 13.6. The zero-order valence-electron chi connectivity index (χ0n) is 13.2. The summed E-state index contributed by atoms with van der Waals surface area (Å²) in [6.07, 6.45) is -5.41. The molecule has 0 amide bonds. The Morgan fingerprint density at radius 2 is 1.89 bits per heavy atom. The third-order valence-corrected chi connectivity index (χ3v) is 4.97. The van der Waals surface area contributed by atoms with Crippen LogP contribution in [0.2, 0.25) is 5.02 Å². The number of aromatic hydroxyl groups is 1. The zero-order chi connectivity index (χ0) is 21.3. The molecule has 0 saturated carbocycles. The summed E-state index contributed by atoms with van der Waals surface area (Å²) in [5.74, 6) is -4.83. The fourth-order valence-electron chi connectivity index (χ4n) is 1.80. The van der Waals surface area contributed by atoms with Gasteiger partial charge in [0.2, 0.25) is 0 Å². The number of aliphatic hydroxyl groups excluding tert-OH is 1. The third kappa shape index (κ3) is 4.86. The van der Waals surface area contributed by atoms with E-state index in [0.717, 1.165) is 17.4 Å². The topological polar surface area (TPSA) is 137 Å². The highest BCUT2D eigenvalue weighted by Gasteiger charge is 2.43. The van der Waals surface area contributed by atoms with Crippen molar-refractivity contribution in [1.29, 1.82) is 0 Å². The monoisotopic (exact) mass is 456 g/mol. The molecule has 0 fully saturated rings. The molecule has 0 spiro atoms. The van der Waals surface area contributed by atoms with Crippen LogP contribution in [0, 0.1) is 0 Å². The highest BCUT2D eigenvalue weighted by molar-refractivity contribution is 7.86. The van der Waals surface area contributed by atoms with Crippen molar-refractivity contribution in [3.05, 3.63) is 45.2 Å². The molecule has 14 heteroatoms. The van der Waals surface area contributed by atoms with Gasteiger partial charge in [0.05, 0.1) is 4.88 Å². The Kier molecular flexibility index (Phi) is 6.13. The molecule has 0 saturated heterocycles. The predicted molar refractivity (Wildman–Crippen MR) is 92.4 cm³/mol. The molecule has 0 unspecified atom stereocenters. The molecule has 3 N–H and O–H groups in total. The maximum Gasteiger partial charge on any atom is 0.456 e. The molecule has 0 aliphatic heterocycles. The number of rotatable bonds is 5. The minimum Gasteiger partial charge on any atom is -0.504 e. The minimum absolute atomic E-state index is 0.125. The molecule has 2 aromatic rings. The van der Waals surface area contributed by atoms with Gasteiger partial charge in [-0.1, -0.05) is 17.7 Å². The second kappa shape index (κ2) is 7.87. The number of allylic oxidation sites excluding steroid dienone is 1. The summed E-state index contributed by atoms with van der Waals surface area (Å²) in [6, 6.07) is 4.08. The lowest BCUT2D eigenvalue weighted by molar-refractivity contribution is -0.166. The van der Waals surface area contributed by atoms with E-state index in [2.05, 4.69) is 10.2 Å². The Balaban J connectivity index is 2.64. The average Bonchev–Trinajstić information content (AvgIpc) is 3.09. The van der Waals surface area contributed by atoms with E-state index in [1.165, 1.54) is 17.5 Å². The molecule has 1 aromatic heterocycles. The maximum atomic E-state index is 12.8. The van der Waals surface area contributed by atoms with Crippen molar-refractivity contribution >= 4 is 50.3 Å². The van der Waals surface area contributed by atoms with E-state index >= 15 is 0 Å². The number of hydrogen-bond donors (Lipinski definition) is 3. The van der Waals surface area contributed by atoms with Crippen LogP contribution < -0.4 is 0 Å². The van der Waals surface area contributed by atoms with Crippen LogP contribution in [0.1, 0.15) is 4.88 Å². The van der Waals surface area contributed by atoms with Crippen molar-refractivity contribution in [3.8, 4) is 5.75 Å². The van der Waals surface area contributed by atoms with Gasteiger partial charge in [0, 0.05) is 5.02 Å². The van der Waals surface area contributed by atoms with E-state index in [-0.39, 0.29) is 9.90 Å². The number of phenolic OH excluding ortho intramolecular Hbond substituents is 1. The summed E-state index contributed by atoms with van der Waals surface area (Å²) in [5.41, 5.74) is -2.27. The molecule has 150 valence electrons. The second-order valence-electron chi connectivity index (χ2n) is 4.95. The average molecular weight is 457 g/mol. The quantitative estimate of drug-likeness (QED) is 0.262. The van der Waals surface area contributed by atoms with Gasteiger partial charge in [0.15, 0.2) is 17.2 Å². The number of Topliss-reactive ketones (excluding diaryl/α,β-unsaturated/α-hetero) is 1. The van der Waals surface area contributed by atoms with Crippen LogP contribution in [0.3, 0.4) is 0 Å². The first-order valence-electron chi connectivity index (χ1n) is 6.82. The number of carbonyl (C=O) groups is 1. The van der Waals surface area contributed by atoms with Crippen LogP contribution in [-0.4, -0.2) is 35.1 Å². The van der Waals surface area contributed by atoms with Crippen molar-refractivity contribution in [1.82, 2.24) is 0 Å². The Hall–Kier alpha value is -2.48. The lowest BCUT2D eigenvalue weighted by atomic mass is 10.2. The largest absolute Gasteiger partial charge is 0.504 e. The fourth-order valence-corrected chi connectivity index (χ4v) is 3.37. The van der Waals surface area contributed by atoms with Crippen LogP contribution >= 0.6 is 22.9 Å². The number of benzene rings is 1. The van der Waals surface area contributed by atoms with E-state index in [0.29, 0.717) is 6.07 Å². The van der Waals surface area contributed by atoms with E-state index in [9.17, 15) is 36.6 Å². The van der Waals surface area contributed by atoms with Gasteiger partial charge < -0.3 is 10.2 Å². The Morgan fingerprint density at radius 3 is 2.39 bits per heavy atom. The lowest BCUT2D eigenvalue weighted by Crippen LogP contribution is -2.24. The van der Waals surface area contributed by atoms with Gasteiger partial charge >= 0.3 is 6.18 Å². The van der Waals surface area contributed by atoms with E-state index in [1.807, 2.05) is 0 Å². The van der Waals surface area contributed by atoms with Crippen LogP contribution in [-0.2, 0) is 14.9 Å². The molecular formula is C14H8ClF3N2O6S2. The molecule has 0 radical (unpaired) electrons. The number of azo groups is 1. The number of halogens is 4. The SMILES string of the molecule is O=C(/C(N=Nc1cc(Cl)cc(S(=O)(=O)O)c1O)=C(/O)c1cccs1)C(F)(F)F. The standard InChI is InChI=1S/C14H8ClF3N2O6S2/c15-6-4-7(11(21)9(5-6)28(24,25)26)19-20-10(13(23)14(16,17)18)12(22)8-2-1-3-27-8/h1-5,21-22H,(H,24,25,26)/b12-10-,20-19?. The van der Waals surface area contributed by atoms with Crippen molar-refractivity contribution in [2.45, 2.75) is 11.1 Å². The summed E-state index contributed by atoms with van der Waals surface area (Å²) in [7, 11) is -4.95. The van der Waals surface area contributed by atoms with Gasteiger partial charge in [-0.15, -0.1) is 21.6 Å². The van der Waals surface area contributed by atoms with Crippen molar-refractivity contribution in [2.75, 3.05) is 0 Å². The zero-order valence-corrected chi connectivity index (χ0v) is 15.6. The van der Waals surface area contributed by atoms with Crippen LogP contribution in [0.15, 0.2) is 50.5 Å². The smallest absolute Gasteiger partial charge is 0.456 e. The Morgan fingerprint density at radius 1 is 1.25 bits per heavy atom. The van der Waals surface area contributed by atoms with E-state index in [4.69, 9.17) is 16.2 Å². The number of carbonyl (C=O) groups excluding carboxylic acids is 1. The summed E-state index contributed by atoms with van der Waals surface area (Å²) in [5, 5.41) is 27.1. The molecule has 2 rings (SSSR count). The first-order chi connectivity index (χ1) is 12.8. The van der Waals surface area contributed by atoms with E-state index in [1.54, 1.807) is 0 Å². The van der Waals surface area contributed by atoms with Gasteiger partial charge in [0.25, 0.3) is 15.9 Å². The molecule has 0 aliphatic carbocycles. The van der Waals surface area contributed by atoms with Gasteiger partial charge in [-0.25, -0.2) is 0 Å². The van der Waals surface area contributed by atoms with Crippen molar-refractivity contribution < 1.29 is 41.1 Å². The number of hydrogen-bond acceptors (Lipinski definition) is 8. The van der Waals surface area contributed by atoms with Gasteiger partial charge in [0.1, 0.15) is 10.6 Å². The molecule has 0 bridgehead atoms. The summed E-state index contributed by atoms with van der Waals surface area (Å²) < 4.78 is 69.9. The Bertz CT molecular complexity index is 1080. The third-order valence-electron chi connectivity index (χ3n) is 3.01. The summed E-state index contributed by atoms with van der Waals surface area (Å²) in [4.78, 5) is 10.4. The molecular weight excluding hydrogens is 449 g/mol. The summed E-state index contributed by atoms with van der Waals surface area (Å²) >= 11 is 6.44. The molecule has 0 aliphatic rings. The van der Waals surface area contributed by atoms with Crippen LogP contribution in [0.25, 0.3) is 5.76 Å². The molecule has 1 aromatic carbocycles. The molecule has 1 heterocycles. The Labute approximate surface area is 164 Å². The number of nitrogens with zero attached hydrogens (tertiary/aromatic N) is 2. The van der Waals surface area contributed by atoms with Crippen LogP contribution in [0.5, 0.6) is 5.75 Å². The first-order valence-corrected chi connectivity index (χ1v) is 9.52. The number of aliphatic hydroxyl groups is 1.